The van der Waals surface area contributed by atoms with E-state index in [1.54, 1.807) is 0 Å². The number of carboxylic acid groups (broad SMARTS) is 1. The van der Waals surface area contributed by atoms with Gasteiger partial charge >= 0.3 is 5.97 Å². The number of rotatable bonds is 6. The molecule has 1 aliphatic heterocycles. The third kappa shape index (κ3) is 2.82. The molecule has 4 heteroatoms. The highest BCUT2D eigenvalue weighted by molar-refractivity contribution is 5.75. The highest BCUT2D eigenvalue weighted by Gasteiger charge is 2.24. The first-order valence-electron chi connectivity index (χ1n) is 6.51. The van der Waals surface area contributed by atoms with Crippen LogP contribution < -0.4 is 10.2 Å². The van der Waals surface area contributed by atoms with Gasteiger partial charge in [0.25, 0.3) is 0 Å². The number of anilines is 1. The number of nitrogens with zero attached hydrogens (tertiary/aromatic N) is 1. The van der Waals surface area contributed by atoms with Crippen LogP contribution in [0.3, 0.4) is 0 Å². The van der Waals surface area contributed by atoms with E-state index in [2.05, 4.69) is 22.3 Å². The van der Waals surface area contributed by atoms with E-state index in [0.29, 0.717) is 6.54 Å². The summed E-state index contributed by atoms with van der Waals surface area (Å²) in [7, 11) is 0. The largest absolute Gasteiger partial charge is 0.480 e. The molecule has 1 aromatic carbocycles. The van der Waals surface area contributed by atoms with Gasteiger partial charge in [0.05, 0.1) is 0 Å². The first kappa shape index (κ1) is 12.9. The maximum atomic E-state index is 11.2. The summed E-state index contributed by atoms with van der Waals surface area (Å²) >= 11 is 0. The molecule has 0 radical (unpaired) electrons. The fourth-order valence-corrected chi connectivity index (χ4v) is 2.37. The van der Waals surface area contributed by atoms with Gasteiger partial charge in [-0.15, -0.1) is 0 Å². The Labute approximate surface area is 108 Å². The average molecular weight is 248 g/mol. The van der Waals surface area contributed by atoms with E-state index >= 15 is 0 Å². The predicted molar refractivity (Wildman–Crippen MR) is 72.1 cm³/mol. The lowest BCUT2D eigenvalue weighted by molar-refractivity contribution is -0.139. The van der Waals surface area contributed by atoms with Crippen molar-refractivity contribution < 1.29 is 9.90 Å². The van der Waals surface area contributed by atoms with Gasteiger partial charge in [-0.2, -0.15) is 0 Å². The Balaban J connectivity index is 2.02. The molecule has 1 aliphatic rings. The summed E-state index contributed by atoms with van der Waals surface area (Å²) in [5.41, 5.74) is 2.50. The van der Waals surface area contributed by atoms with Crippen LogP contribution in [0.4, 0.5) is 5.69 Å². The Morgan fingerprint density at radius 3 is 3.00 bits per heavy atom. The smallest absolute Gasteiger partial charge is 0.322 e. The van der Waals surface area contributed by atoms with Crippen molar-refractivity contribution in [3.05, 3.63) is 29.8 Å². The van der Waals surface area contributed by atoms with Crippen LogP contribution in [0, 0.1) is 0 Å². The normalized spacial score (nSPS) is 15.5. The fourth-order valence-electron chi connectivity index (χ4n) is 2.37. The molecule has 1 atom stereocenters. The van der Waals surface area contributed by atoms with Crippen LogP contribution in [0.2, 0.25) is 0 Å². The molecule has 1 aromatic rings. The van der Waals surface area contributed by atoms with Crippen LogP contribution in [0.15, 0.2) is 24.3 Å². The third-order valence-electron chi connectivity index (χ3n) is 3.33. The van der Waals surface area contributed by atoms with E-state index in [1.165, 1.54) is 11.3 Å². The Morgan fingerprint density at radius 1 is 1.50 bits per heavy atom. The second-order valence-electron chi connectivity index (χ2n) is 4.67. The molecule has 0 bridgehead atoms. The van der Waals surface area contributed by atoms with Crippen LogP contribution in [-0.2, 0) is 11.2 Å². The van der Waals surface area contributed by atoms with E-state index in [0.717, 1.165) is 25.9 Å². The zero-order valence-corrected chi connectivity index (χ0v) is 10.7. The van der Waals surface area contributed by atoms with Crippen molar-refractivity contribution >= 4 is 11.7 Å². The molecule has 18 heavy (non-hydrogen) atoms. The quantitative estimate of drug-likeness (QED) is 0.801. The average Bonchev–Trinajstić information content (AvgIpc) is 2.77. The van der Waals surface area contributed by atoms with Gasteiger partial charge in [0.1, 0.15) is 6.04 Å². The number of fused-ring (bicyclic) bond motifs is 1. The molecule has 0 saturated carbocycles. The van der Waals surface area contributed by atoms with Gasteiger partial charge in [0, 0.05) is 18.8 Å². The number of nitrogens with one attached hydrogen (secondary N) is 1. The molecular weight excluding hydrogens is 228 g/mol. The second-order valence-corrected chi connectivity index (χ2v) is 4.67. The molecular formula is C14H20N2O2. The molecule has 4 nitrogen and oxygen atoms in total. The van der Waals surface area contributed by atoms with E-state index in [-0.39, 0.29) is 0 Å². The van der Waals surface area contributed by atoms with Gasteiger partial charge < -0.3 is 15.3 Å². The van der Waals surface area contributed by atoms with Crippen LogP contribution in [0.25, 0.3) is 0 Å². The maximum absolute atomic E-state index is 11.2. The summed E-state index contributed by atoms with van der Waals surface area (Å²) in [4.78, 5) is 13.4. The predicted octanol–water partition coefficient (Wildman–Crippen LogP) is 1.50. The zero-order valence-electron chi connectivity index (χ0n) is 10.7. The van der Waals surface area contributed by atoms with E-state index < -0.39 is 12.0 Å². The Kier molecular flexibility index (Phi) is 4.20. The van der Waals surface area contributed by atoms with Gasteiger partial charge in [-0.05, 0) is 31.0 Å². The first-order valence-corrected chi connectivity index (χ1v) is 6.51. The number of hydrogen-bond acceptors (Lipinski definition) is 3. The van der Waals surface area contributed by atoms with Gasteiger partial charge in [0.2, 0.25) is 0 Å². The number of carboxylic acids is 1. The van der Waals surface area contributed by atoms with Crippen molar-refractivity contribution in [3.63, 3.8) is 0 Å². The molecule has 98 valence electrons. The molecule has 0 aromatic heterocycles. The molecule has 0 spiro atoms. The molecule has 0 amide bonds. The first-order chi connectivity index (χ1) is 8.72. The molecule has 2 N–H and O–H groups in total. The van der Waals surface area contributed by atoms with Crippen LogP contribution >= 0.6 is 0 Å². The molecule has 0 aliphatic carbocycles. The number of carbonyl (C=O) groups is 1. The summed E-state index contributed by atoms with van der Waals surface area (Å²) < 4.78 is 0. The van der Waals surface area contributed by atoms with Crippen molar-refractivity contribution in [2.24, 2.45) is 0 Å². The van der Waals surface area contributed by atoms with Gasteiger partial charge in [-0.3, -0.25) is 4.79 Å². The van der Waals surface area contributed by atoms with Crippen LogP contribution in [0.5, 0.6) is 0 Å². The van der Waals surface area contributed by atoms with Crippen molar-refractivity contribution in [3.8, 4) is 0 Å². The fraction of sp³-hybridized carbons (Fsp3) is 0.500. The lowest BCUT2D eigenvalue weighted by Crippen LogP contribution is -2.46. The Hall–Kier alpha value is -1.55. The molecule has 0 fully saturated rings. The summed E-state index contributed by atoms with van der Waals surface area (Å²) in [6.45, 7) is 4.23. The second kappa shape index (κ2) is 5.87. The lowest BCUT2D eigenvalue weighted by atomic mass is 10.2. The van der Waals surface area contributed by atoms with Gasteiger partial charge in [0.15, 0.2) is 0 Å². The molecule has 2 rings (SSSR count). The van der Waals surface area contributed by atoms with E-state index in [1.807, 2.05) is 19.1 Å². The minimum atomic E-state index is -0.771. The van der Waals surface area contributed by atoms with Crippen molar-refractivity contribution in [2.45, 2.75) is 25.8 Å². The topological polar surface area (TPSA) is 52.6 Å². The van der Waals surface area contributed by atoms with Crippen LogP contribution in [0.1, 0.15) is 18.9 Å². The summed E-state index contributed by atoms with van der Waals surface area (Å²) in [5, 5.41) is 12.3. The van der Waals surface area contributed by atoms with Crippen molar-refractivity contribution in [1.82, 2.24) is 5.32 Å². The molecule has 0 saturated heterocycles. The number of para-hydroxylation sites is 1. The minimum Gasteiger partial charge on any atom is -0.480 e. The highest BCUT2D eigenvalue weighted by atomic mass is 16.4. The third-order valence-corrected chi connectivity index (χ3v) is 3.33. The lowest BCUT2D eigenvalue weighted by Gasteiger charge is -2.24. The zero-order chi connectivity index (χ0) is 13.0. The van der Waals surface area contributed by atoms with Crippen LogP contribution in [-0.4, -0.2) is 36.8 Å². The van der Waals surface area contributed by atoms with Crippen molar-refractivity contribution in [2.75, 3.05) is 24.5 Å². The summed E-state index contributed by atoms with van der Waals surface area (Å²) in [6, 6.07) is 7.74. The molecule has 1 heterocycles. The van der Waals surface area contributed by atoms with Gasteiger partial charge in [-0.25, -0.2) is 0 Å². The Morgan fingerprint density at radius 2 is 2.28 bits per heavy atom. The van der Waals surface area contributed by atoms with E-state index in [4.69, 9.17) is 0 Å². The van der Waals surface area contributed by atoms with Gasteiger partial charge in [-0.1, -0.05) is 25.1 Å². The van der Waals surface area contributed by atoms with E-state index in [9.17, 15) is 9.90 Å². The summed E-state index contributed by atoms with van der Waals surface area (Å²) in [5.74, 6) is -0.771. The minimum absolute atomic E-state index is 0.490. The monoisotopic (exact) mass is 248 g/mol. The number of benzene rings is 1. The SMILES string of the molecule is CCCNC(CN1CCc2ccccc21)C(=O)O. The maximum Gasteiger partial charge on any atom is 0.322 e. The Bertz CT molecular complexity index is 420. The standard InChI is InChI=1S/C14H20N2O2/c1-2-8-15-12(14(17)18)10-16-9-7-11-5-3-4-6-13(11)16/h3-6,12,15H,2,7-10H2,1H3,(H,17,18). The number of hydrogen-bond donors (Lipinski definition) is 2. The highest BCUT2D eigenvalue weighted by Crippen LogP contribution is 2.27. The van der Waals surface area contributed by atoms with Crippen molar-refractivity contribution in [1.29, 1.82) is 0 Å². The number of aliphatic carboxylic acids is 1. The summed E-state index contributed by atoms with van der Waals surface area (Å²) in [6.07, 6.45) is 1.96. The molecule has 1 unspecified atom stereocenters.